The molecule has 0 radical (unpaired) electrons. The molecule has 0 amide bonds. The SMILES string of the molecule is CC(C)[C@H]1C[C@H]2C[C@@H](C1)C[C@H](N1[C@H](CCn3c(=O)c(C(=O)O)nc4ccccc43)CCC[C@@H]1C)C2. The molecular formula is C29H41N3O3. The third kappa shape index (κ3) is 4.91. The Morgan fingerprint density at radius 3 is 2.49 bits per heavy atom. The lowest BCUT2D eigenvalue weighted by atomic mass is 9.63. The number of carbonyl (C=O) groups is 1. The Labute approximate surface area is 208 Å². The Balaban J connectivity index is 1.37. The molecule has 6 heteroatoms. The molecular weight excluding hydrogens is 438 g/mol. The van der Waals surface area contributed by atoms with Gasteiger partial charge < -0.3 is 9.67 Å². The van der Waals surface area contributed by atoms with Crippen molar-refractivity contribution in [3.8, 4) is 0 Å². The number of benzene rings is 1. The monoisotopic (exact) mass is 479 g/mol. The van der Waals surface area contributed by atoms with Crippen LogP contribution in [-0.2, 0) is 6.54 Å². The highest BCUT2D eigenvalue weighted by molar-refractivity contribution is 5.88. The molecule has 1 saturated heterocycles. The van der Waals surface area contributed by atoms with E-state index in [1.165, 1.54) is 44.9 Å². The van der Waals surface area contributed by atoms with Crippen LogP contribution in [0.4, 0.5) is 0 Å². The average molecular weight is 480 g/mol. The van der Waals surface area contributed by atoms with Gasteiger partial charge in [-0.15, -0.1) is 0 Å². The summed E-state index contributed by atoms with van der Waals surface area (Å²) in [7, 11) is 0. The Hall–Kier alpha value is -2.21. The van der Waals surface area contributed by atoms with Crippen molar-refractivity contribution in [1.82, 2.24) is 14.5 Å². The van der Waals surface area contributed by atoms with Crippen LogP contribution in [0.25, 0.3) is 11.0 Å². The molecule has 1 aromatic heterocycles. The summed E-state index contributed by atoms with van der Waals surface area (Å²) in [5, 5.41) is 9.56. The second kappa shape index (κ2) is 10.0. The van der Waals surface area contributed by atoms with Crippen molar-refractivity contribution in [3.05, 3.63) is 40.3 Å². The van der Waals surface area contributed by atoms with E-state index in [2.05, 4.69) is 30.7 Å². The molecule has 3 fully saturated rings. The van der Waals surface area contributed by atoms with E-state index in [1.54, 1.807) is 10.6 Å². The van der Waals surface area contributed by atoms with Gasteiger partial charge in [0.25, 0.3) is 5.56 Å². The predicted octanol–water partition coefficient (Wildman–Crippen LogP) is 5.58. The number of aromatic nitrogens is 2. The topological polar surface area (TPSA) is 75.4 Å². The predicted molar refractivity (Wildman–Crippen MR) is 139 cm³/mol. The minimum atomic E-state index is -1.25. The molecule has 35 heavy (non-hydrogen) atoms. The first-order valence-electron chi connectivity index (χ1n) is 13.8. The number of likely N-dealkylation sites (tertiary alicyclic amines) is 1. The highest BCUT2D eigenvalue weighted by atomic mass is 16.4. The minimum Gasteiger partial charge on any atom is -0.476 e. The van der Waals surface area contributed by atoms with Crippen molar-refractivity contribution < 1.29 is 9.90 Å². The van der Waals surface area contributed by atoms with Gasteiger partial charge in [0.2, 0.25) is 5.69 Å². The lowest BCUT2D eigenvalue weighted by molar-refractivity contribution is -0.0211. The van der Waals surface area contributed by atoms with Gasteiger partial charge in [-0.25, -0.2) is 9.78 Å². The van der Waals surface area contributed by atoms with Crippen LogP contribution in [-0.4, -0.2) is 43.7 Å². The Morgan fingerprint density at radius 2 is 1.80 bits per heavy atom. The molecule has 6 nitrogen and oxygen atoms in total. The van der Waals surface area contributed by atoms with Crippen LogP contribution in [0, 0.1) is 23.7 Å². The second-order valence-corrected chi connectivity index (χ2v) is 11.9. The highest BCUT2D eigenvalue weighted by Gasteiger charge is 2.42. The number of rotatable bonds is 6. The number of hydrogen-bond acceptors (Lipinski definition) is 4. The molecule has 2 saturated carbocycles. The Morgan fingerprint density at radius 1 is 1.09 bits per heavy atom. The van der Waals surface area contributed by atoms with Gasteiger partial charge in [0, 0.05) is 24.7 Å². The zero-order chi connectivity index (χ0) is 24.7. The van der Waals surface area contributed by atoms with Crippen molar-refractivity contribution in [2.24, 2.45) is 23.7 Å². The minimum absolute atomic E-state index is 0.377. The summed E-state index contributed by atoms with van der Waals surface area (Å²) in [6, 6.07) is 9.05. The molecule has 190 valence electrons. The number of fused-ring (bicyclic) bond motifs is 3. The van der Waals surface area contributed by atoms with Crippen molar-refractivity contribution >= 4 is 17.0 Å². The van der Waals surface area contributed by atoms with Crippen molar-refractivity contribution in [1.29, 1.82) is 0 Å². The number of aromatic carboxylic acids is 1. The molecule has 1 aromatic carbocycles. The van der Waals surface area contributed by atoms with Crippen molar-refractivity contribution in [2.75, 3.05) is 0 Å². The Kier molecular flexibility index (Phi) is 7.02. The van der Waals surface area contributed by atoms with E-state index >= 15 is 0 Å². The van der Waals surface area contributed by atoms with Crippen LogP contribution in [0.1, 0.15) is 89.0 Å². The summed E-state index contributed by atoms with van der Waals surface area (Å²) in [5.74, 6) is 2.15. The highest BCUT2D eigenvalue weighted by Crippen LogP contribution is 2.47. The van der Waals surface area contributed by atoms with Crippen LogP contribution < -0.4 is 5.56 Å². The molecule has 6 atom stereocenters. The van der Waals surface area contributed by atoms with Crippen molar-refractivity contribution in [2.45, 2.75) is 103 Å². The first kappa shape index (κ1) is 24.5. The first-order valence-corrected chi connectivity index (χ1v) is 13.8. The molecule has 5 rings (SSSR count). The smallest absolute Gasteiger partial charge is 0.360 e. The summed E-state index contributed by atoms with van der Waals surface area (Å²) < 4.78 is 1.66. The lowest BCUT2D eigenvalue weighted by Crippen LogP contribution is -2.54. The summed E-state index contributed by atoms with van der Waals surface area (Å²) >= 11 is 0. The molecule has 2 bridgehead atoms. The lowest BCUT2D eigenvalue weighted by Gasteiger charge is -2.52. The molecule has 2 aliphatic carbocycles. The largest absolute Gasteiger partial charge is 0.476 e. The van der Waals surface area contributed by atoms with Crippen molar-refractivity contribution in [3.63, 3.8) is 0 Å². The summed E-state index contributed by atoms with van der Waals surface area (Å²) in [6.07, 6.45) is 11.4. The quantitative estimate of drug-likeness (QED) is 0.585. The average Bonchev–Trinajstić information content (AvgIpc) is 2.82. The van der Waals surface area contributed by atoms with E-state index in [-0.39, 0.29) is 5.69 Å². The fourth-order valence-corrected chi connectivity index (χ4v) is 7.75. The standard InChI is InChI=1S/C29H41N3O3/c1-18(2)22-14-20-13-21(15-22)17-24(16-20)32-19(3)7-6-8-23(32)11-12-31-26-10-5-4-9-25(26)30-27(28(31)33)29(34)35/h4-5,9-10,18-24H,6-8,11-17H2,1-3H3,(H,34,35)/t19-,20-,21+,22+,23-,24-/m0/s1. The van der Waals surface area contributed by atoms with Crippen LogP contribution in [0.2, 0.25) is 0 Å². The molecule has 3 aliphatic rings. The van der Waals surface area contributed by atoms with E-state index < -0.39 is 11.5 Å². The van der Waals surface area contributed by atoms with Gasteiger partial charge >= 0.3 is 5.97 Å². The molecule has 0 unspecified atom stereocenters. The van der Waals surface area contributed by atoms with Gasteiger partial charge in [0.15, 0.2) is 0 Å². The third-order valence-corrected chi connectivity index (χ3v) is 9.34. The zero-order valence-corrected chi connectivity index (χ0v) is 21.5. The maximum atomic E-state index is 13.1. The second-order valence-electron chi connectivity index (χ2n) is 11.9. The van der Waals surface area contributed by atoms with Gasteiger partial charge in [-0.1, -0.05) is 32.4 Å². The van der Waals surface area contributed by atoms with Gasteiger partial charge in [-0.3, -0.25) is 9.69 Å². The van der Waals surface area contributed by atoms with Crippen LogP contribution in [0.5, 0.6) is 0 Å². The van der Waals surface area contributed by atoms with Gasteiger partial charge in [0.1, 0.15) is 0 Å². The van der Waals surface area contributed by atoms with Crippen LogP contribution in [0.3, 0.4) is 0 Å². The van der Waals surface area contributed by atoms with Crippen LogP contribution >= 0.6 is 0 Å². The number of carboxylic acid groups (broad SMARTS) is 1. The number of piperidine rings is 1. The number of nitrogens with zero attached hydrogens (tertiary/aromatic N) is 3. The number of hydrogen-bond donors (Lipinski definition) is 1. The van der Waals surface area contributed by atoms with Gasteiger partial charge in [-0.05, 0) is 94.1 Å². The number of carboxylic acids is 1. The van der Waals surface area contributed by atoms with E-state index in [4.69, 9.17) is 0 Å². The summed E-state index contributed by atoms with van der Waals surface area (Å²) in [5.41, 5.74) is 0.430. The molecule has 2 aromatic rings. The van der Waals surface area contributed by atoms with Crippen LogP contribution in [0.15, 0.2) is 29.1 Å². The third-order valence-electron chi connectivity index (χ3n) is 9.34. The summed E-state index contributed by atoms with van der Waals surface area (Å²) in [4.78, 5) is 31.7. The first-order chi connectivity index (χ1) is 16.8. The van der Waals surface area contributed by atoms with Gasteiger partial charge in [-0.2, -0.15) is 0 Å². The van der Waals surface area contributed by atoms with E-state index in [0.717, 1.165) is 42.0 Å². The summed E-state index contributed by atoms with van der Waals surface area (Å²) in [6.45, 7) is 7.72. The number of para-hydroxylation sites is 2. The number of aryl methyl sites for hydroxylation is 1. The fraction of sp³-hybridized carbons (Fsp3) is 0.690. The zero-order valence-electron chi connectivity index (χ0n) is 21.5. The van der Waals surface area contributed by atoms with E-state index in [9.17, 15) is 14.7 Å². The molecule has 1 N–H and O–H groups in total. The van der Waals surface area contributed by atoms with Gasteiger partial charge in [0.05, 0.1) is 11.0 Å². The van der Waals surface area contributed by atoms with E-state index in [1.807, 2.05) is 18.2 Å². The normalized spacial score (nSPS) is 31.7. The fourth-order valence-electron chi connectivity index (χ4n) is 7.75. The Bertz CT molecular complexity index is 1110. The molecule has 1 aliphatic heterocycles. The van der Waals surface area contributed by atoms with E-state index in [0.29, 0.717) is 30.2 Å². The molecule has 2 heterocycles. The maximum absolute atomic E-state index is 13.1. The molecule has 0 spiro atoms. The maximum Gasteiger partial charge on any atom is 0.360 e.